The van der Waals surface area contributed by atoms with Crippen LogP contribution in [-0.4, -0.2) is 48.9 Å². The van der Waals surface area contributed by atoms with E-state index in [0.29, 0.717) is 35.6 Å². The van der Waals surface area contributed by atoms with Gasteiger partial charge in [-0.05, 0) is 93.2 Å². The summed E-state index contributed by atoms with van der Waals surface area (Å²) in [5.74, 6) is -1.56. The Labute approximate surface area is 244 Å². The molecule has 0 saturated carbocycles. The Kier molecular flexibility index (Phi) is 10.5. The van der Waals surface area contributed by atoms with E-state index in [9.17, 15) is 14.4 Å². The molecule has 4 rings (SSSR count). The smallest absolute Gasteiger partial charge is 0.441 e. The number of carbonyl (C=O) groups is 3. The fourth-order valence-electron chi connectivity index (χ4n) is 5.18. The fraction of sp³-hybridized carbons (Fsp3) is 0.469. The number of benzene rings is 2. The highest BCUT2D eigenvalue weighted by Gasteiger charge is 2.47. The lowest BCUT2D eigenvalue weighted by Gasteiger charge is -2.29. The molecule has 1 saturated heterocycles. The van der Waals surface area contributed by atoms with Gasteiger partial charge in [-0.2, -0.15) is 0 Å². The van der Waals surface area contributed by atoms with Gasteiger partial charge in [0.2, 0.25) is 0 Å². The molecule has 1 fully saturated rings. The lowest BCUT2D eigenvalue weighted by atomic mass is 9.87. The van der Waals surface area contributed by atoms with Gasteiger partial charge in [-0.1, -0.05) is 44.2 Å². The molecule has 1 atom stereocenters. The molecular weight excluding hydrogens is 540 g/mol. The van der Waals surface area contributed by atoms with E-state index in [1.807, 2.05) is 31.2 Å². The Bertz CT molecular complexity index is 1250. The molecular formula is C32H42N2O6S. The Hall–Kier alpha value is -3.30. The lowest BCUT2D eigenvalue weighted by molar-refractivity contribution is -0.150. The summed E-state index contributed by atoms with van der Waals surface area (Å²) in [6.45, 7) is 10.4. The van der Waals surface area contributed by atoms with Crippen molar-refractivity contribution < 1.29 is 27.5 Å². The number of Topliss-reactive ketones (excluding diaryl/α,β-unsaturated/α-hetero) is 1. The fourth-order valence-corrected chi connectivity index (χ4v) is 7.56. The molecule has 2 heterocycles. The number of allylic oxidation sites excluding steroid dienone is 1. The van der Waals surface area contributed by atoms with E-state index in [2.05, 4.69) is 18.7 Å². The Morgan fingerprint density at radius 1 is 0.927 bits per heavy atom. The molecule has 0 radical (unpaired) electrons. The number of fused-ring (bicyclic) bond motifs is 2. The molecule has 1 spiro atoms. The maximum atomic E-state index is 13.5. The number of ether oxygens (including phenoxy) is 1. The number of rotatable bonds is 16. The summed E-state index contributed by atoms with van der Waals surface area (Å²) in [7, 11) is -2.67. The topological polar surface area (TPSA) is 108 Å². The minimum Gasteiger partial charge on any atom is -0.494 e. The minimum absolute atomic E-state index is 0.0178. The molecule has 41 heavy (non-hydrogen) atoms. The molecule has 2 aliphatic rings. The second kappa shape index (κ2) is 14.0. The van der Waals surface area contributed by atoms with Crippen molar-refractivity contribution in [1.82, 2.24) is 4.90 Å². The monoisotopic (exact) mass is 582 g/mol. The molecule has 0 amide bonds. The second-order valence-electron chi connectivity index (χ2n) is 10.6. The SMILES string of the molecule is CCCCN(CCCC)CCCOc1ccc(C(=O)C(CC)CC2=CS3(OC(=O)C(=O)O3)c3ccc(N)cc32)cc1. The first-order valence-electron chi connectivity index (χ1n) is 14.7. The van der Waals surface area contributed by atoms with Crippen LogP contribution in [0.2, 0.25) is 0 Å². The van der Waals surface area contributed by atoms with Gasteiger partial charge < -0.3 is 23.7 Å². The van der Waals surface area contributed by atoms with E-state index in [0.717, 1.165) is 42.9 Å². The summed E-state index contributed by atoms with van der Waals surface area (Å²) >= 11 is 0. The summed E-state index contributed by atoms with van der Waals surface area (Å²) < 4.78 is 16.8. The van der Waals surface area contributed by atoms with Crippen molar-refractivity contribution in [2.75, 3.05) is 32.0 Å². The third kappa shape index (κ3) is 7.32. The van der Waals surface area contributed by atoms with Crippen molar-refractivity contribution in [1.29, 1.82) is 0 Å². The molecule has 9 heteroatoms. The van der Waals surface area contributed by atoms with Crippen LogP contribution in [0.1, 0.15) is 81.6 Å². The van der Waals surface area contributed by atoms with Crippen molar-refractivity contribution in [2.45, 2.75) is 70.6 Å². The summed E-state index contributed by atoms with van der Waals surface area (Å²) in [5, 5.41) is 1.71. The zero-order valence-corrected chi connectivity index (χ0v) is 25.2. The van der Waals surface area contributed by atoms with Gasteiger partial charge in [0.05, 0.1) is 16.9 Å². The number of nitrogens with two attached hydrogens (primary N) is 1. The van der Waals surface area contributed by atoms with Gasteiger partial charge in [0.25, 0.3) is 0 Å². The zero-order valence-electron chi connectivity index (χ0n) is 24.4. The maximum absolute atomic E-state index is 13.5. The number of nitrogen functional groups attached to an aromatic ring is 1. The number of unbranched alkanes of at least 4 members (excludes halogenated alkanes) is 2. The summed E-state index contributed by atoms with van der Waals surface area (Å²) in [5.41, 5.74) is 8.73. The highest BCUT2D eigenvalue weighted by atomic mass is 32.3. The van der Waals surface area contributed by atoms with Gasteiger partial charge in [0.15, 0.2) is 5.78 Å². The van der Waals surface area contributed by atoms with Crippen LogP contribution in [-0.2, 0) is 18.0 Å². The maximum Gasteiger partial charge on any atom is 0.441 e. The Morgan fingerprint density at radius 2 is 1.56 bits per heavy atom. The first kappa shape index (κ1) is 30.7. The predicted octanol–water partition coefficient (Wildman–Crippen LogP) is 6.69. The van der Waals surface area contributed by atoms with Gasteiger partial charge in [0.1, 0.15) is 5.75 Å². The van der Waals surface area contributed by atoms with E-state index >= 15 is 0 Å². The molecule has 0 aliphatic carbocycles. The largest absolute Gasteiger partial charge is 0.494 e. The predicted molar refractivity (Wildman–Crippen MR) is 162 cm³/mol. The van der Waals surface area contributed by atoms with Crippen LogP contribution in [0.25, 0.3) is 5.57 Å². The Morgan fingerprint density at radius 3 is 2.17 bits per heavy atom. The number of hydrogen-bond donors (Lipinski definition) is 1. The van der Waals surface area contributed by atoms with E-state index in [1.165, 1.54) is 25.7 Å². The number of hydrogen-bond acceptors (Lipinski definition) is 8. The number of ketones is 1. The van der Waals surface area contributed by atoms with Crippen LogP contribution in [0.3, 0.4) is 0 Å². The van der Waals surface area contributed by atoms with Gasteiger partial charge in [-0.15, -0.1) is 0 Å². The first-order chi connectivity index (χ1) is 19.8. The van der Waals surface area contributed by atoms with Crippen molar-refractivity contribution in [3.63, 3.8) is 0 Å². The van der Waals surface area contributed by atoms with Crippen LogP contribution in [0.15, 0.2) is 52.8 Å². The van der Waals surface area contributed by atoms with Gasteiger partial charge in [0, 0.05) is 29.3 Å². The van der Waals surface area contributed by atoms with E-state index in [-0.39, 0.29) is 11.7 Å². The molecule has 1 unspecified atom stereocenters. The first-order valence-corrected chi connectivity index (χ1v) is 16.2. The van der Waals surface area contributed by atoms with Crippen LogP contribution in [0.5, 0.6) is 5.75 Å². The average Bonchev–Trinajstić information content (AvgIpc) is 3.42. The van der Waals surface area contributed by atoms with Gasteiger partial charge in [-0.25, -0.2) is 9.59 Å². The molecule has 2 N–H and O–H groups in total. The highest BCUT2D eigenvalue weighted by Crippen LogP contribution is 2.69. The number of carbonyl (C=O) groups excluding carboxylic acids is 3. The zero-order chi connectivity index (χ0) is 29.4. The second-order valence-corrected chi connectivity index (χ2v) is 12.7. The molecule has 8 nitrogen and oxygen atoms in total. The molecule has 0 aromatic heterocycles. The summed E-state index contributed by atoms with van der Waals surface area (Å²) in [6.07, 6.45) is 6.83. The number of anilines is 1. The van der Waals surface area contributed by atoms with E-state index in [1.54, 1.807) is 23.6 Å². The van der Waals surface area contributed by atoms with Crippen molar-refractivity contribution in [3.8, 4) is 5.75 Å². The normalized spacial score (nSPS) is 16.7. The van der Waals surface area contributed by atoms with Crippen molar-refractivity contribution in [3.05, 3.63) is 59.0 Å². The van der Waals surface area contributed by atoms with Crippen LogP contribution >= 0.6 is 10.6 Å². The van der Waals surface area contributed by atoms with Crippen molar-refractivity contribution >= 4 is 39.6 Å². The van der Waals surface area contributed by atoms with E-state index < -0.39 is 22.5 Å². The summed E-state index contributed by atoms with van der Waals surface area (Å²) in [6, 6.07) is 12.5. The third-order valence-electron chi connectivity index (χ3n) is 7.53. The standard InChI is InChI=1S/C32H42N2O6S/c1-4-7-16-34(17-8-5-2)18-9-19-38-27-13-10-24(11-14-27)30(35)23(6-3)20-25-22-41(39-31(36)32(37)40-41)29-15-12-26(33)21-28(25)29/h10-15,21-23H,4-9,16-20,33H2,1-3H3. The quantitative estimate of drug-likeness (QED) is 0.101. The highest BCUT2D eigenvalue weighted by molar-refractivity contribution is 8.29. The van der Waals surface area contributed by atoms with E-state index in [4.69, 9.17) is 18.8 Å². The molecule has 2 aromatic rings. The number of nitrogens with zero attached hydrogens (tertiary/aromatic N) is 1. The van der Waals surface area contributed by atoms with Crippen LogP contribution in [0, 0.1) is 5.92 Å². The molecule has 222 valence electrons. The average molecular weight is 583 g/mol. The van der Waals surface area contributed by atoms with Crippen LogP contribution in [0.4, 0.5) is 5.69 Å². The minimum atomic E-state index is -2.67. The molecule has 2 aromatic carbocycles. The lowest BCUT2D eigenvalue weighted by Crippen LogP contribution is -2.28. The van der Waals surface area contributed by atoms with Crippen LogP contribution < -0.4 is 10.5 Å². The Balaban J connectivity index is 1.37. The molecule has 2 aliphatic heterocycles. The molecule has 0 bridgehead atoms. The van der Waals surface area contributed by atoms with Crippen molar-refractivity contribution in [2.24, 2.45) is 5.92 Å². The van der Waals surface area contributed by atoms with Gasteiger partial charge in [-0.3, -0.25) is 4.79 Å². The third-order valence-corrected chi connectivity index (χ3v) is 9.89. The summed E-state index contributed by atoms with van der Waals surface area (Å²) in [4.78, 5) is 40.5. The van der Waals surface area contributed by atoms with Gasteiger partial charge >= 0.3 is 11.9 Å².